The smallest absolute Gasteiger partial charge is 0.324 e. The molecule has 0 aromatic heterocycles. The van der Waals surface area contributed by atoms with Gasteiger partial charge in [-0.3, -0.25) is 14.7 Å². The van der Waals surface area contributed by atoms with Crippen LogP contribution in [0, 0.1) is 5.92 Å². The van der Waals surface area contributed by atoms with Gasteiger partial charge in [0, 0.05) is 20.1 Å². The van der Waals surface area contributed by atoms with E-state index in [9.17, 15) is 9.59 Å². The first-order valence-electron chi connectivity index (χ1n) is 9.05. The minimum atomic E-state index is -0.338. The third kappa shape index (κ3) is 5.47. The zero-order valence-corrected chi connectivity index (χ0v) is 16.0. The summed E-state index contributed by atoms with van der Waals surface area (Å²) < 4.78 is 0. The summed E-state index contributed by atoms with van der Waals surface area (Å²) >= 11 is 0. The van der Waals surface area contributed by atoms with Gasteiger partial charge in [-0.15, -0.1) is 0 Å². The highest BCUT2D eigenvalue weighted by Gasteiger charge is 2.27. The molecule has 1 fully saturated rings. The maximum absolute atomic E-state index is 11.6. The highest BCUT2D eigenvalue weighted by molar-refractivity contribution is 6.01. The fourth-order valence-electron chi connectivity index (χ4n) is 2.86. The van der Waals surface area contributed by atoms with E-state index in [0.717, 1.165) is 6.42 Å². The largest absolute Gasteiger partial charge is 0.355 e. The first kappa shape index (κ1) is 19.8. The van der Waals surface area contributed by atoms with Crippen molar-refractivity contribution in [3.8, 4) is 0 Å². The van der Waals surface area contributed by atoms with Gasteiger partial charge in [0.15, 0.2) is 5.96 Å². The molecule has 1 heterocycles. The standard InChI is InChI=1S/C19H29N5O2/c1-13(2)11-15-5-7-16(8-6-15)14(3)23-18(20-4)21-9-10-24-17(25)12-22-19(24)26/h5-8,13-14H,9-12H2,1-4H3,(H,22,26)(H2,20,21,23). The maximum atomic E-state index is 11.6. The van der Waals surface area contributed by atoms with E-state index in [2.05, 4.69) is 66.0 Å². The van der Waals surface area contributed by atoms with E-state index in [1.54, 1.807) is 7.05 Å². The molecule has 7 nitrogen and oxygen atoms in total. The third-order valence-electron chi connectivity index (χ3n) is 4.27. The van der Waals surface area contributed by atoms with Crippen LogP contribution in [0.25, 0.3) is 0 Å². The summed E-state index contributed by atoms with van der Waals surface area (Å²) in [5.74, 6) is 1.08. The van der Waals surface area contributed by atoms with Crippen LogP contribution >= 0.6 is 0 Å². The lowest BCUT2D eigenvalue weighted by molar-refractivity contribution is -0.124. The van der Waals surface area contributed by atoms with Crippen LogP contribution in [-0.2, 0) is 11.2 Å². The van der Waals surface area contributed by atoms with E-state index >= 15 is 0 Å². The van der Waals surface area contributed by atoms with Crippen molar-refractivity contribution < 1.29 is 9.59 Å². The molecule has 142 valence electrons. The molecule has 1 aliphatic heterocycles. The molecule has 0 saturated carbocycles. The molecule has 1 atom stereocenters. The van der Waals surface area contributed by atoms with Crippen LogP contribution in [0.3, 0.4) is 0 Å². The van der Waals surface area contributed by atoms with E-state index in [-0.39, 0.29) is 24.5 Å². The molecule has 2 rings (SSSR count). The van der Waals surface area contributed by atoms with Crippen LogP contribution in [-0.4, -0.2) is 49.5 Å². The second kappa shape index (κ2) is 9.22. The molecule has 0 bridgehead atoms. The van der Waals surface area contributed by atoms with Crippen LogP contribution in [0.15, 0.2) is 29.3 Å². The Balaban J connectivity index is 1.83. The Morgan fingerprint density at radius 2 is 1.92 bits per heavy atom. The van der Waals surface area contributed by atoms with Gasteiger partial charge in [-0.2, -0.15) is 0 Å². The van der Waals surface area contributed by atoms with Gasteiger partial charge in [0.05, 0.1) is 12.6 Å². The fourth-order valence-corrected chi connectivity index (χ4v) is 2.86. The first-order chi connectivity index (χ1) is 12.4. The van der Waals surface area contributed by atoms with Gasteiger partial charge < -0.3 is 16.0 Å². The summed E-state index contributed by atoms with van der Waals surface area (Å²) in [6, 6.07) is 8.36. The maximum Gasteiger partial charge on any atom is 0.324 e. The lowest BCUT2D eigenvalue weighted by Crippen LogP contribution is -2.43. The molecule has 0 radical (unpaired) electrons. The van der Waals surface area contributed by atoms with Gasteiger partial charge >= 0.3 is 6.03 Å². The van der Waals surface area contributed by atoms with E-state index in [0.29, 0.717) is 25.0 Å². The van der Waals surface area contributed by atoms with Gasteiger partial charge in [0.2, 0.25) is 5.91 Å². The fraction of sp³-hybridized carbons (Fsp3) is 0.526. The van der Waals surface area contributed by atoms with E-state index < -0.39 is 0 Å². The van der Waals surface area contributed by atoms with Crippen molar-refractivity contribution in [3.05, 3.63) is 35.4 Å². The van der Waals surface area contributed by atoms with Crippen LogP contribution < -0.4 is 16.0 Å². The summed E-state index contributed by atoms with van der Waals surface area (Å²) in [5.41, 5.74) is 2.52. The molecular formula is C19H29N5O2. The van der Waals surface area contributed by atoms with Gasteiger partial charge in [-0.1, -0.05) is 38.1 Å². The Kier molecular flexibility index (Phi) is 7.00. The van der Waals surface area contributed by atoms with E-state index in [1.165, 1.54) is 16.0 Å². The average molecular weight is 359 g/mol. The lowest BCUT2D eigenvalue weighted by Gasteiger charge is -2.20. The number of aliphatic imine (C=N–C) groups is 1. The van der Waals surface area contributed by atoms with Gasteiger partial charge in [0.1, 0.15) is 0 Å². The minimum absolute atomic E-state index is 0.0790. The van der Waals surface area contributed by atoms with Gasteiger partial charge in [-0.05, 0) is 30.4 Å². The van der Waals surface area contributed by atoms with Crippen molar-refractivity contribution in [1.82, 2.24) is 20.9 Å². The summed E-state index contributed by atoms with van der Waals surface area (Å²) in [6.07, 6.45) is 1.08. The number of nitrogens with one attached hydrogen (secondary N) is 3. The Morgan fingerprint density at radius 3 is 2.46 bits per heavy atom. The number of hydrogen-bond acceptors (Lipinski definition) is 3. The van der Waals surface area contributed by atoms with Crippen molar-refractivity contribution >= 4 is 17.9 Å². The molecule has 3 amide bonds. The van der Waals surface area contributed by atoms with Gasteiger partial charge in [-0.25, -0.2) is 4.79 Å². The third-order valence-corrected chi connectivity index (χ3v) is 4.27. The summed E-state index contributed by atoms with van der Waals surface area (Å²) in [6.45, 7) is 7.33. The topological polar surface area (TPSA) is 85.8 Å². The Labute approximate surface area is 155 Å². The Bertz CT molecular complexity index is 638. The number of benzene rings is 1. The lowest BCUT2D eigenvalue weighted by atomic mass is 10.00. The number of urea groups is 1. The highest BCUT2D eigenvalue weighted by atomic mass is 16.2. The minimum Gasteiger partial charge on any atom is -0.355 e. The molecule has 1 unspecified atom stereocenters. The number of nitrogens with zero attached hydrogens (tertiary/aromatic N) is 2. The molecule has 0 spiro atoms. The number of carbonyl (C=O) groups is 2. The normalized spacial score (nSPS) is 16.0. The monoisotopic (exact) mass is 359 g/mol. The molecule has 1 aliphatic rings. The molecule has 3 N–H and O–H groups in total. The van der Waals surface area contributed by atoms with Crippen molar-refractivity contribution in [3.63, 3.8) is 0 Å². The number of amides is 3. The number of hydrogen-bond donors (Lipinski definition) is 3. The number of imide groups is 1. The second-order valence-electron chi connectivity index (χ2n) is 6.91. The van der Waals surface area contributed by atoms with E-state index in [4.69, 9.17) is 0 Å². The second-order valence-corrected chi connectivity index (χ2v) is 6.91. The van der Waals surface area contributed by atoms with E-state index in [1.807, 2.05) is 0 Å². The number of carbonyl (C=O) groups excluding carboxylic acids is 2. The molecule has 0 aliphatic carbocycles. The molecule has 1 saturated heterocycles. The molecule has 26 heavy (non-hydrogen) atoms. The SMILES string of the molecule is CN=C(NCCN1C(=O)CNC1=O)NC(C)c1ccc(CC(C)C)cc1. The summed E-state index contributed by atoms with van der Waals surface area (Å²) in [4.78, 5) is 28.5. The quantitative estimate of drug-likeness (QED) is 0.393. The molecule has 1 aromatic carbocycles. The average Bonchev–Trinajstić information content (AvgIpc) is 2.92. The summed E-state index contributed by atoms with van der Waals surface area (Å²) in [5, 5.41) is 8.97. The predicted molar refractivity (Wildman–Crippen MR) is 103 cm³/mol. The van der Waals surface area contributed by atoms with Crippen LogP contribution in [0.2, 0.25) is 0 Å². The zero-order valence-electron chi connectivity index (χ0n) is 16.0. The predicted octanol–water partition coefficient (Wildman–Crippen LogP) is 1.66. The number of guanidine groups is 1. The van der Waals surface area contributed by atoms with Crippen molar-refractivity contribution in [2.24, 2.45) is 10.9 Å². The summed E-state index contributed by atoms with van der Waals surface area (Å²) in [7, 11) is 1.70. The Morgan fingerprint density at radius 1 is 1.23 bits per heavy atom. The Hall–Kier alpha value is -2.57. The van der Waals surface area contributed by atoms with Crippen molar-refractivity contribution in [2.45, 2.75) is 33.2 Å². The molecular weight excluding hydrogens is 330 g/mol. The molecule has 7 heteroatoms. The molecule has 1 aromatic rings. The highest BCUT2D eigenvalue weighted by Crippen LogP contribution is 2.15. The van der Waals surface area contributed by atoms with Crippen molar-refractivity contribution in [2.75, 3.05) is 26.7 Å². The van der Waals surface area contributed by atoms with Crippen LogP contribution in [0.5, 0.6) is 0 Å². The van der Waals surface area contributed by atoms with Gasteiger partial charge in [0.25, 0.3) is 0 Å². The van der Waals surface area contributed by atoms with Crippen LogP contribution in [0.4, 0.5) is 4.79 Å². The first-order valence-corrected chi connectivity index (χ1v) is 9.05. The zero-order chi connectivity index (χ0) is 19.1. The number of rotatable bonds is 7. The van der Waals surface area contributed by atoms with Crippen LogP contribution in [0.1, 0.15) is 37.9 Å². The van der Waals surface area contributed by atoms with Crippen molar-refractivity contribution in [1.29, 1.82) is 0 Å².